The van der Waals surface area contributed by atoms with Gasteiger partial charge in [0.15, 0.2) is 4.75 Å². The van der Waals surface area contributed by atoms with E-state index in [2.05, 4.69) is 4.40 Å². The topological polar surface area (TPSA) is 36.1 Å². The molecule has 0 spiro atoms. The fourth-order valence-electron chi connectivity index (χ4n) is 2.63. The van der Waals surface area contributed by atoms with Crippen LogP contribution < -0.4 is 0 Å². The molecule has 0 bridgehead atoms. The molecule has 1 atom stereocenters. The second-order valence-electron chi connectivity index (χ2n) is 5.60. The molecule has 1 heterocycles. The van der Waals surface area contributed by atoms with Crippen molar-refractivity contribution in [2.75, 3.05) is 0 Å². The van der Waals surface area contributed by atoms with Crippen LogP contribution in [-0.2, 0) is 4.75 Å². The van der Waals surface area contributed by atoms with Gasteiger partial charge in [0.2, 0.25) is 0 Å². The van der Waals surface area contributed by atoms with Gasteiger partial charge in [-0.15, -0.1) is 0 Å². The second kappa shape index (κ2) is 6.97. The lowest BCUT2D eigenvalue weighted by Crippen LogP contribution is -2.38. The summed E-state index contributed by atoms with van der Waals surface area (Å²) in [5.41, 5.74) is 0.840. The fraction of sp³-hybridized carbons (Fsp3) is 0.176. The number of hydrogen-bond acceptors (Lipinski definition) is 3. The Bertz CT molecular complexity index is 933. The lowest BCUT2D eigenvalue weighted by molar-refractivity contribution is -0.159. The van der Waals surface area contributed by atoms with E-state index in [1.165, 1.54) is 36.4 Å². The molecule has 0 aromatic heterocycles. The highest BCUT2D eigenvalue weighted by molar-refractivity contribution is 7.99. The van der Waals surface area contributed by atoms with Crippen molar-refractivity contribution in [1.29, 1.82) is 5.26 Å². The molecule has 0 amide bonds. The first-order valence-corrected chi connectivity index (χ1v) is 9.05. The average molecular weight is 436 g/mol. The van der Waals surface area contributed by atoms with Gasteiger partial charge in [-0.3, -0.25) is 0 Å². The summed E-state index contributed by atoms with van der Waals surface area (Å²) in [6.45, 7) is 0. The summed E-state index contributed by atoms with van der Waals surface area (Å²) >= 11 is 18.2. The Morgan fingerprint density at radius 3 is 2.27 bits per heavy atom. The third-order valence-electron chi connectivity index (χ3n) is 3.94. The number of nitrogens with zero attached hydrogens (tertiary/aromatic N) is 2. The lowest BCUT2D eigenvalue weighted by Gasteiger charge is -2.30. The maximum Gasteiger partial charge on any atom is 0.409 e. The normalized spacial score (nSPS) is 20.0. The van der Waals surface area contributed by atoms with E-state index in [1.807, 2.05) is 6.07 Å². The van der Waals surface area contributed by atoms with E-state index in [0.717, 1.165) is 0 Å². The van der Waals surface area contributed by atoms with Gasteiger partial charge in [0.25, 0.3) is 0 Å². The Kier molecular flexibility index (Phi) is 5.19. The van der Waals surface area contributed by atoms with E-state index in [9.17, 15) is 13.2 Å². The summed E-state index contributed by atoms with van der Waals surface area (Å²) in [6.07, 6.45) is -4.99. The van der Waals surface area contributed by atoms with Gasteiger partial charge < -0.3 is 0 Å². The van der Waals surface area contributed by atoms with Gasteiger partial charge in [0, 0.05) is 16.5 Å². The summed E-state index contributed by atoms with van der Waals surface area (Å²) in [5.74, 6) is 0. The largest absolute Gasteiger partial charge is 0.409 e. The molecule has 0 saturated carbocycles. The first-order valence-electron chi connectivity index (χ1n) is 7.14. The first-order chi connectivity index (χ1) is 12.2. The molecule has 0 fully saturated rings. The molecule has 9 heteroatoms. The van der Waals surface area contributed by atoms with E-state index in [-0.39, 0.29) is 31.9 Å². The minimum Gasteiger partial charge on any atom is -0.219 e. The molecule has 2 nitrogen and oxygen atoms in total. The Hall–Kier alpha value is -1.39. The molecule has 2 aromatic carbocycles. The van der Waals surface area contributed by atoms with Gasteiger partial charge in [0.05, 0.1) is 16.3 Å². The molecule has 0 saturated heterocycles. The summed E-state index contributed by atoms with van der Waals surface area (Å²) in [5, 5.41) is 9.32. The van der Waals surface area contributed by atoms with E-state index >= 15 is 0 Å². The lowest BCUT2D eigenvalue weighted by atomic mass is 9.89. The standard InChI is InChI=1S/C17H8Cl3F3N2S/c18-12-4-11(5-13(19)6-12)16(17(21,22)23)7-15(25-26-16)9-1-2-10(8-24)14(20)3-9/h1-6H,7H2. The van der Waals surface area contributed by atoms with Crippen molar-refractivity contribution in [3.8, 4) is 6.07 Å². The molecule has 3 rings (SSSR count). The minimum atomic E-state index is -4.59. The molecule has 0 radical (unpaired) electrons. The maximum atomic E-state index is 14.0. The molecule has 1 aliphatic rings. The fourth-order valence-corrected chi connectivity index (χ4v) is 4.34. The zero-order valence-corrected chi connectivity index (χ0v) is 15.8. The summed E-state index contributed by atoms with van der Waals surface area (Å²) in [7, 11) is 0. The number of nitriles is 1. The van der Waals surface area contributed by atoms with E-state index < -0.39 is 17.3 Å². The molecule has 2 aromatic rings. The van der Waals surface area contributed by atoms with Crippen LogP contribution in [0.5, 0.6) is 0 Å². The Balaban J connectivity index is 2.04. The number of benzene rings is 2. The molecule has 1 unspecified atom stereocenters. The van der Waals surface area contributed by atoms with Gasteiger partial charge in [-0.2, -0.15) is 18.4 Å². The summed E-state index contributed by atoms with van der Waals surface area (Å²) < 4.78 is 43.8. The SMILES string of the molecule is N#Cc1ccc(C2=NSC(c3cc(Cl)cc(Cl)c3)(C(F)(F)F)C2)cc1Cl. The average Bonchev–Trinajstić information content (AvgIpc) is 3.00. The summed E-state index contributed by atoms with van der Waals surface area (Å²) in [4.78, 5) is 0. The number of halogens is 6. The molecule has 1 aliphatic heterocycles. The second-order valence-corrected chi connectivity index (χ2v) is 7.94. The van der Waals surface area contributed by atoms with Crippen molar-refractivity contribution in [3.63, 3.8) is 0 Å². The highest BCUT2D eigenvalue weighted by atomic mass is 35.5. The first kappa shape index (κ1) is 19.4. The van der Waals surface area contributed by atoms with E-state index in [4.69, 9.17) is 40.1 Å². The molecule has 134 valence electrons. The third kappa shape index (κ3) is 3.41. The van der Waals surface area contributed by atoms with Crippen molar-refractivity contribution in [2.45, 2.75) is 17.3 Å². The minimum absolute atomic E-state index is 0.0639. The maximum absolute atomic E-state index is 14.0. The van der Waals surface area contributed by atoms with E-state index in [0.29, 0.717) is 17.5 Å². The van der Waals surface area contributed by atoms with Gasteiger partial charge in [-0.25, -0.2) is 4.40 Å². The molecule has 0 aliphatic carbocycles. The number of rotatable bonds is 2. The van der Waals surface area contributed by atoms with Crippen molar-refractivity contribution >= 4 is 52.5 Å². The van der Waals surface area contributed by atoms with Gasteiger partial charge in [0.1, 0.15) is 6.07 Å². The predicted octanol–water partition coefficient (Wildman–Crippen LogP) is 6.82. The number of hydrogen-bond donors (Lipinski definition) is 0. The van der Waals surface area contributed by atoms with Crippen LogP contribution in [0.3, 0.4) is 0 Å². The van der Waals surface area contributed by atoms with Crippen LogP contribution in [0.4, 0.5) is 13.2 Å². The van der Waals surface area contributed by atoms with Crippen molar-refractivity contribution < 1.29 is 13.2 Å². The molecule has 26 heavy (non-hydrogen) atoms. The third-order valence-corrected chi connectivity index (χ3v) is 5.92. The molecular weight excluding hydrogens is 428 g/mol. The van der Waals surface area contributed by atoms with Crippen LogP contribution in [0.25, 0.3) is 0 Å². The van der Waals surface area contributed by atoms with Crippen LogP contribution in [-0.4, -0.2) is 11.9 Å². The molecular formula is C17H8Cl3F3N2S. The van der Waals surface area contributed by atoms with Crippen LogP contribution >= 0.6 is 46.8 Å². The number of alkyl halides is 3. The van der Waals surface area contributed by atoms with Gasteiger partial charge in [-0.1, -0.05) is 40.9 Å². The Labute approximate surface area is 166 Å². The van der Waals surface area contributed by atoms with E-state index in [1.54, 1.807) is 0 Å². The van der Waals surface area contributed by atoms with Crippen LogP contribution in [0.2, 0.25) is 15.1 Å². The zero-order valence-electron chi connectivity index (χ0n) is 12.7. The van der Waals surface area contributed by atoms with Crippen molar-refractivity contribution in [1.82, 2.24) is 0 Å². The highest BCUT2D eigenvalue weighted by Crippen LogP contribution is 2.57. The smallest absolute Gasteiger partial charge is 0.219 e. The molecule has 0 N–H and O–H groups in total. The Morgan fingerprint density at radius 2 is 1.73 bits per heavy atom. The van der Waals surface area contributed by atoms with Gasteiger partial charge in [-0.05, 0) is 53.4 Å². The van der Waals surface area contributed by atoms with Crippen molar-refractivity contribution in [2.24, 2.45) is 4.40 Å². The van der Waals surface area contributed by atoms with Gasteiger partial charge >= 0.3 is 6.18 Å². The predicted molar refractivity (Wildman–Crippen MR) is 99.1 cm³/mol. The van der Waals surface area contributed by atoms with Crippen LogP contribution in [0, 0.1) is 11.3 Å². The Morgan fingerprint density at radius 1 is 1.08 bits per heavy atom. The van der Waals surface area contributed by atoms with Crippen LogP contribution in [0.15, 0.2) is 40.8 Å². The van der Waals surface area contributed by atoms with Crippen LogP contribution in [0.1, 0.15) is 23.1 Å². The summed E-state index contributed by atoms with van der Waals surface area (Å²) in [6, 6.07) is 10.2. The zero-order chi connectivity index (χ0) is 19.1. The monoisotopic (exact) mass is 434 g/mol. The highest BCUT2D eigenvalue weighted by Gasteiger charge is 2.60. The van der Waals surface area contributed by atoms with Crippen molar-refractivity contribution in [3.05, 3.63) is 68.2 Å². The quantitative estimate of drug-likeness (QED) is 0.485.